The number of rotatable bonds is 5. The molecule has 3 N–H and O–H groups in total. The van der Waals surface area contributed by atoms with Gasteiger partial charge in [0.05, 0.1) is 12.7 Å². The van der Waals surface area contributed by atoms with Gasteiger partial charge < -0.3 is 20.3 Å². The Hall–Kier alpha value is -0.650. The first kappa shape index (κ1) is 14.4. The zero-order chi connectivity index (χ0) is 12.9. The summed E-state index contributed by atoms with van der Waals surface area (Å²) < 4.78 is 4.49. The molecule has 1 rings (SSSR count). The Morgan fingerprint density at radius 2 is 2.00 bits per heavy atom. The van der Waals surface area contributed by atoms with Gasteiger partial charge in [-0.1, -0.05) is 19.3 Å². The van der Waals surface area contributed by atoms with Crippen LogP contribution in [0.4, 0.5) is 0 Å². The highest BCUT2D eigenvalue weighted by Gasteiger charge is 2.33. The molecule has 5 nitrogen and oxygen atoms in total. The molecule has 0 bridgehead atoms. The fourth-order valence-corrected chi connectivity index (χ4v) is 2.22. The van der Waals surface area contributed by atoms with Crippen molar-refractivity contribution in [3.05, 3.63) is 0 Å². The van der Waals surface area contributed by atoms with E-state index < -0.39 is 17.2 Å². The van der Waals surface area contributed by atoms with Gasteiger partial charge in [0, 0.05) is 13.1 Å². The van der Waals surface area contributed by atoms with Gasteiger partial charge in [0.2, 0.25) is 0 Å². The predicted molar refractivity (Wildman–Crippen MR) is 63.5 cm³/mol. The first-order valence-corrected chi connectivity index (χ1v) is 6.14. The third-order valence-electron chi connectivity index (χ3n) is 3.33. The van der Waals surface area contributed by atoms with Crippen LogP contribution in [-0.2, 0) is 9.53 Å². The summed E-state index contributed by atoms with van der Waals surface area (Å²) in [4.78, 5) is 11.2. The van der Waals surface area contributed by atoms with Gasteiger partial charge in [-0.25, -0.2) is 4.79 Å². The fourth-order valence-electron chi connectivity index (χ4n) is 2.22. The normalized spacial score (nSPS) is 22.8. The van der Waals surface area contributed by atoms with Crippen molar-refractivity contribution in [1.82, 2.24) is 5.32 Å². The lowest BCUT2D eigenvalue weighted by Crippen LogP contribution is -2.50. The van der Waals surface area contributed by atoms with E-state index in [9.17, 15) is 15.0 Å². The molecule has 1 atom stereocenters. The average molecular weight is 245 g/mol. The number of nitrogens with one attached hydrogen (secondary N) is 1. The number of carbonyl (C=O) groups is 1. The van der Waals surface area contributed by atoms with Gasteiger partial charge in [-0.15, -0.1) is 0 Å². The molecule has 0 aromatic rings. The van der Waals surface area contributed by atoms with Crippen LogP contribution in [0.2, 0.25) is 0 Å². The van der Waals surface area contributed by atoms with E-state index in [1.165, 1.54) is 20.5 Å². The summed E-state index contributed by atoms with van der Waals surface area (Å²) in [5, 5.41) is 22.9. The number of carbonyl (C=O) groups excluding carboxylic acids is 1. The van der Waals surface area contributed by atoms with E-state index in [4.69, 9.17) is 0 Å². The number of hydrogen-bond acceptors (Lipinski definition) is 5. The highest BCUT2D eigenvalue weighted by Crippen LogP contribution is 2.27. The van der Waals surface area contributed by atoms with Crippen LogP contribution in [0.3, 0.4) is 0 Å². The average Bonchev–Trinajstić information content (AvgIpc) is 2.28. The van der Waals surface area contributed by atoms with Crippen LogP contribution in [0.5, 0.6) is 0 Å². The molecular weight excluding hydrogens is 222 g/mol. The minimum absolute atomic E-state index is 0.0853. The molecule has 1 fully saturated rings. The molecule has 17 heavy (non-hydrogen) atoms. The second kappa shape index (κ2) is 5.80. The second-order valence-corrected chi connectivity index (χ2v) is 5.15. The van der Waals surface area contributed by atoms with Crippen LogP contribution in [-0.4, -0.2) is 47.6 Å². The van der Waals surface area contributed by atoms with Crippen molar-refractivity contribution in [3.8, 4) is 0 Å². The summed E-state index contributed by atoms with van der Waals surface area (Å²) in [6.07, 6.45) is 4.79. The van der Waals surface area contributed by atoms with E-state index >= 15 is 0 Å². The Bertz CT molecular complexity index is 259. The zero-order valence-corrected chi connectivity index (χ0v) is 10.7. The van der Waals surface area contributed by atoms with Gasteiger partial charge in [-0.2, -0.15) is 0 Å². The first-order chi connectivity index (χ1) is 7.90. The zero-order valence-electron chi connectivity index (χ0n) is 10.7. The molecule has 1 aliphatic carbocycles. The topological polar surface area (TPSA) is 78.8 Å². The maximum atomic E-state index is 11.2. The van der Waals surface area contributed by atoms with Gasteiger partial charge >= 0.3 is 5.97 Å². The van der Waals surface area contributed by atoms with Crippen LogP contribution in [0.25, 0.3) is 0 Å². The molecule has 0 aromatic heterocycles. The van der Waals surface area contributed by atoms with Gasteiger partial charge in [0.15, 0.2) is 5.60 Å². The second-order valence-electron chi connectivity index (χ2n) is 5.15. The summed E-state index contributed by atoms with van der Waals surface area (Å²) in [6.45, 7) is 1.89. The van der Waals surface area contributed by atoms with E-state index in [0.717, 1.165) is 25.7 Å². The fraction of sp³-hybridized carbons (Fsp3) is 0.917. The van der Waals surface area contributed by atoms with Crippen LogP contribution in [0.1, 0.15) is 39.0 Å². The minimum atomic E-state index is -1.54. The van der Waals surface area contributed by atoms with Crippen molar-refractivity contribution in [2.24, 2.45) is 0 Å². The van der Waals surface area contributed by atoms with E-state index in [-0.39, 0.29) is 6.54 Å². The third-order valence-corrected chi connectivity index (χ3v) is 3.33. The van der Waals surface area contributed by atoms with Crippen LogP contribution >= 0.6 is 0 Å². The molecule has 0 heterocycles. The minimum Gasteiger partial charge on any atom is -0.467 e. The lowest BCUT2D eigenvalue weighted by atomic mass is 9.85. The van der Waals surface area contributed by atoms with Gasteiger partial charge in [-0.3, -0.25) is 0 Å². The highest BCUT2D eigenvalue weighted by molar-refractivity contribution is 5.78. The summed E-state index contributed by atoms with van der Waals surface area (Å²) in [5.41, 5.74) is -2.23. The number of hydrogen-bond donors (Lipinski definition) is 3. The SMILES string of the molecule is COC(=O)C(C)(O)CNCC1(O)CCCCC1. The van der Waals surface area contributed by atoms with E-state index in [1.807, 2.05) is 0 Å². The molecule has 0 saturated heterocycles. The summed E-state index contributed by atoms with van der Waals surface area (Å²) >= 11 is 0. The highest BCUT2D eigenvalue weighted by atomic mass is 16.5. The Morgan fingerprint density at radius 1 is 1.41 bits per heavy atom. The Balaban J connectivity index is 2.33. The summed E-state index contributed by atoms with van der Waals surface area (Å²) in [7, 11) is 1.24. The summed E-state index contributed by atoms with van der Waals surface area (Å²) in [6, 6.07) is 0. The number of aliphatic hydroxyl groups is 2. The van der Waals surface area contributed by atoms with Crippen molar-refractivity contribution >= 4 is 5.97 Å². The Labute approximate surface area is 102 Å². The molecule has 0 amide bonds. The van der Waals surface area contributed by atoms with E-state index in [2.05, 4.69) is 10.1 Å². The largest absolute Gasteiger partial charge is 0.467 e. The van der Waals surface area contributed by atoms with Gasteiger partial charge in [-0.05, 0) is 19.8 Å². The standard InChI is InChI=1S/C12H23NO4/c1-11(15,10(14)17-2)8-13-9-12(16)6-4-3-5-7-12/h13,15-16H,3-9H2,1-2H3. The third kappa shape index (κ3) is 4.26. The van der Waals surface area contributed by atoms with Gasteiger partial charge in [0.25, 0.3) is 0 Å². The molecule has 1 unspecified atom stereocenters. The van der Waals surface area contributed by atoms with Gasteiger partial charge in [0.1, 0.15) is 0 Å². The van der Waals surface area contributed by atoms with Crippen LogP contribution in [0, 0.1) is 0 Å². The molecule has 0 aromatic carbocycles. The monoisotopic (exact) mass is 245 g/mol. The molecule has 0 aliphatic heterocycles. The molecular formula is C12H23NO4. The van der Waals surface area contributed by atoms with Crippen LogP contribution < -0.4 is 5.32 Å². The van der Waals surface area contributed by atoms with Crippen LogP contribution in [0.15, 0.2) is 0 Å². The lowest BCUT2D eigenvalue weighted by molar-refractivity contribution is -0.160. The van der Waals surface area contributed by atoms with Crippen molar-refractivity contribution in [3.63, 3.8) is 0 Å². The molecule has 5 heteroatoms. The van der Waals surface area contributed by atoms with E-state index in [1.54, 1.807) is 0 Å². The number of methoxy groups -OCH3 is 1. The molecule has 1 saturated carbocycles. The number of esters is 1. The molecule has 0 spiro atoms. The molecule has 0 radical (unpaired) electrons. The van der Waals surface area contributed by atoms with Crippen molar-refractivity contribution in [2.45, 2.75) is 50.2 Å². The number of ether oxygens (including phenoxy) is 1. The lowest BCUT2D eigenvalue weighted by Gasteiger charge is -2.33. The quantitative estimate of drug-likeness (QED) is 0.603. The predicted octanol–water partition coefficient (Wildman–Crippen LogP) is 0.195. The summed E-state index contributed by atoms with van der Waals surface area (Å²) in [5.74, 6) is -0.666. The smallest absolute Gasteiger partial charge is 0.338 e. The van der Waals surface area contributed by atoms with E-state index in [0.29, 0.717) is 6.54 Å². The Morgan fingerprint density at radius 3 is 2.53 bits per heavy atom. The molecule has 1 aliphatic rings. The maximum Gasteiger partial charge on any atom is 0.338 e. The molecule has 100 valence electrons. The van der Waals surface area contributed by atoms with Crippen molar-refractivity contribution in [1.29, 1.82) is 0 Å². The Kier molecular flexibility index (Phi) is 4.91. The first-order valence-electron chi connectivity index (χ1n) is 6.14. The maximum absolute atomic E-state index is 11.2. The van der Waals surface area contributed by atoms with Crippen molar-refractivity contribution in [2.75, 3.05) is 20.2 Å². The van der Waals surface area contributed by atoms with Crippen molar-refractivity contribution < 1.29 is 19.7 Å².